The van der Waals surface area contributed by atoms with Crippen LogP contribution >= 0.6 is 0 Å². The Balaban J connectivity index is 2.21. The molecular weight excluding hydrogens is 277 g/mol. The van der Waals surface area contributed by atoms with E-state index in [4.69, 9.17) is 7.85 Å². The van der Waals surface area contributed by atoms with Gasteiger partial charge in [-0.25, -0.2) is 0 Å². The fourth-order valence-corrected chi connectivity index (χ4v) is 5.25. The van der Waals surface area contributed by atoms with Crippen molar-refractivity contribution in [3.8, 4) is 0 Å². The van der Waals surface area contributed by atoms with Crippen molar-refractivity contribution in [3.63, 3.8) is 0 Å². The lowest BCUT2D eigenvalue weighted by molar-refractivity contribution is 0.0455. The quantitative estimate of drug-likeness (QED) is 0.690. The van der Waals surface area contributed by atoms with E-state index < -0.39 is 0 Å². The van der Waals surface area contributed by atoms with Crippen LogP contribution in [-0.4, -0.2) is 20.9 Å². The lowest BCUT2D eigenvalue weighted by Gasteiger charge is -2.51. The summed E-state index contributed by atoms with van der Waals surface area (Å²) in [6, 6.07) is 0. The van der Waals surface area contributed by atoms with E-state index in [2.05, 4.69) is 67.6 Å². The van der Waals surface area contributed by atoms with Gasteiger partial charge in [0.05, 0.1) is 7.85 Å². The van der Waals surface area contributed by atoms with Crippen molar-refractivity contribution < 1.29 is 0 Å². The minimum atomic E-state index is -0.0381. The van der Waals surface area contributed by atoms with Crippen molar-refractivity contribution in [1.82, 2.24) is 5.32 Å². The molecule has 2 fully saturated rings. The monoisotopic (exact) mass is 317 g/mol. The van der Waals surface area contributed by atoms with Crippen LogP contribution in [0.15, 0.2) is 0 Å². The summed E-state index contributed by atoms with van der Waals surface area (Å²) in [7, 11) is 7.12. The normalized spacial score (nSPS) is 32.6. The Morgan fingerprint density at radius 1 is 0.913 bits per heavy atom. The van der Waals surface area contributed by atoms with E-state index in [0.717, 1.165) is 24.9 Å². The van der Waals surface area contributed by atoms with Crippen molar-refractivity contribution in [2.75, 3.05) is 13.1 Å². The Morgan fingerprint density at radius 3 is 1.74 bits per heavy atom. The fraction of sp³-hybridized carbons (Fsp3) is 1.00. The molecule has 1 saturated carbocycles. The number of hydrogen-bond donors (Lipinski definition) is 1. The molecule has 2 aliphatic rings. The highest BCUT2D eigenvalue weighted by Gasteiger charge is 2.57. The summed E-state index contributed by atoms with van der Waals surface area (Å²) in [5, 5.41) is 3.45. The van der Waals surface area contributed by atoms with Crippen molar-refractivity contribution in [1.29, 1.82) is 0 Å². The van der Waals surface area contributed by atoms with E-state index in [-0.39, 0.29) is 5.31 Å². The highest BCUT2D eigenvalue weighted by Crippen LogP contribution is 2.66. The van der Waals surface area contributed by atoms with Gasteiger partial charge >= 0.3 is 0 Å². The van der Waals surface area contributed by atoms with Gasteiger partial charge in [0.1, 0.15) is 0 Å². The van der Waals surface area contributed by atoms with Gasteiger partial charge in [0.2, 0.25) is 0 Å². The van der Waals surface area contributed by atoms with Crippen LogP contribution in [0.4, 0.5) is 0 Å². The Hall–Kier alpha value is 0.0249. The molecule has 1 aliphatic carbocycles. The Bertz CT molecular complexity index is 411. The number of rotatable bonds is 5. The van der Waals surface area contributed by atoms with E-state index >= 15 is 0 Å². The molecule has 0 aromatic carbocycles. The molecule has 1 heterocycles. The largest absolute Gasteiger partial charge is 0.316 e. The SMILES string of the molecule is [B]C(C)(C1CC1C(C)(C)C)C(C1CNC1)C(C)C(C)C(C)(C)C. The first kappa shape index (κ1) is 19.4. The maximum Gasteiger partial charge on any atom is 0.0750 e. The molecule has 0 spiro atoms. The second-order valence-corrected chi connectivity index (χ2v) is 11.1. The van der Waals surface area contributed by atoms with Gasteiger partial charge in [-0.1, -0.05) is 67.6 Å². The molecule has 2 rings (SSSR count). The number of hydrogen-bond acceptors (Lipinski definition) is 1. The van der Waals surface area contributed by atoms with Crippen molar-refractivity contribution >= 4 is 7.85 Å². The van der Waals surface area contributed by atoms with E-state index in [0.29, 0.717) is 34.5 Å². The molecule has 1 saturated heterocycles. The molecular formula is C21H40BN. The number of nitrogens with one attached hydrogen (secondary N) is 1. The average molecular weight is 317 g/mol. The molecule has 23 heavy (non-hydrogen) atoms. The third-order valence-corrected chi connectivity index (χ3v) is 7.46. The maximum absolute atomic E-state index is 7.12. The zero-order chi connectivity index (χ0) is 17.8. The summed E-state index contributed by atoms with van der Waals surface area (Å²) >= 11 is 0. The molecule has 0 bridgehead atoms. The third-order valence-electron chi connectivity index (χ3n) is 7.46. The lowest BCUT2D eigenvalue weighted by atomic mass is 9.48. The van der Waals surface area contributed by atoms with Gasteiger partial charge in [0, 0.05) is 0 Å². The minimum Gasteiger partial charge on any atom is -0.316 e. The van der Waals surface area contributed by atoms with Crippen LogP contribution in [-0.2, 0) is 0 Å². The van der Waals surface area contributed by atoms with Gasteiger partial charge in [0.25, 0.3) is 0 Å². The minimum absolute atomic E-state index is 0.0381. The summed E-state index contributed by atoms with van der Waals surface area (Å²) in [6.45, 7) is 23.9. The van der Waals surface area contributed by atoms with Gasteiger partial charge in [-0.15, -0.1) is 0 Å². The first-order valence-electron chi connectivity index (χ1n) is 9.77. The third kappa shape index (κ3) is 3.83. The van der Waals surface area contributed by atoms with Crippen LogP contribution in [0, 0.1) is 46.3 Å². The zero-order valence-corrected chi connectivity index (χ0v) is 17.2. The van der Waals surface area contributed by atoms with E-state index in [1.807, 2.05) is 0 Å². The van der Waals surface area contributed by atoms with Gasteiger partial charge in [-0.2, -0.15) is 0 Å². The van der Waals surface area contributed by atoms with E-state index in [1.54, 1.807) is 0 Å². The van der Waals surface area contributed by atoms with Crippen LogP contribution in [0.5, 0.6) is 0 Å². The predicted molar refractivity (Wildman–Crippen MR) is 103 cm³/mol. The van der Waals surface area contributed by atoms with Gasteiger partial charge < -0.3 is 5.32 Å². The highest BCUT2D eigenvalue weighted by molar-refractivity contribution is 6.15. The molecule has 1 aliphatic heterocycles. The second-order valence-electron chi connectivity index (χ2n) is 11.1. The lowest BCUT2D eigenvalue weighted by Crippen LogP contribution is -2.53. The summed E-state index contributed by atoms with van der Waals surface area (Å²) in [4.78, 5) is 0. The van der Waals surface area contributed by atoms with Gasteiger partial charge in [0.15, 0.2) is 0 Å². The summed E-state index contributed by atoms with van der Waals surface area (Å²) in [5.74, 6) is 4.22. The van der Waals surface area contributed by atoms with Crippen molar-refractivity contribution in [2.24, 2.45) is 46.3 Å². The molecule has 0 amide bonds. The zero-order valence-electron chi connectivity index (χ0n) is 17.2. The standard InChI is InChI=1S/C21H40BN/c1-13(14(2)19(3,4)5)18(15-11-23-12-15)21(9,22)17-10-16(17)20(6,7)8/h13-18,23H,10-12H2,1-9H3. The Labute approximate surface area is 147 Å². The average Bonchev–Trinajstić information content (AvgIpc) is 3.10. The van der Waals surface area contributed by atoms with Gasteiger partial charge in [-0.3, -0.25) is 0 Å². The van der Waals surface area contributed by atoms with Crippen molar-refractivity contribution in [2.45, 2.75) is 74.0 Å². The summed E-state index contributed by atoms with van der Waals surface area (Å²) in [5.41, 5.74) is 0.741. The van der Waals surface area contributed by atoms with Crippen molar-refractivity contribution in [3.05, 3.63) is 0 Å². The van der Waals surface area contributed by atoms with E-state index in [9.17, 15) is 0 Å². The van der Waals surface area contributed by atoms with Crippen LogP contribution in [0.2, 0.25) is 5.31 Å². The van der Waals surface area contributed by atoms with Crippen LogP contribution in [0.1, 0.15) is 68.7 Å². The first-order chi connectivity index (χ1) is 10.3. The maximum atomic E-state index is 7.12. The second kappa shape index (κ2) is 6.08. The summed E-state index contributed by atoms with van der Waals surface area (Å²) in [6.07, 6.45) is 1.32. The topological polar surface area (TPSA) is 12.0 Å². The Morgan fingerprint density at radius 2 is 1.43 bits per heavy atom. The molecule has 0 aromatic heterocycles. The van der Waals surface area contributed by atoms with E-state index in [1.165, 1.54) is 6.42 Å². The van der Waals surface area contributed by atoms with Crippen LogP contribution in [0.25, 0.3) is 0 Å². The molecule has 2 heteroatoms. The smallest absolute Gasteiger partial charge is 0.0750 e. The molecule has 1 N–H and O–H groups in total. The summed E-state index contributed by atoms with van der Waals surface area (Å²) < 4.78 is 0. The molecule has 6 atom stereocenters. The van der Waals surface area contributed by atoms with Gasteiger partial charge in [-0.05, 0) is 65.8 Å². The van der Waals surface area contributed by atoms with Crippen LogP contribution in [0.3, 0.4) is 0 Å². The first-order valence-corrected chi connectivity index (χ1v) is 9.77. The molecule has 1 nitrogen and oxygen atoms in total. The Kier molecular flexibility index (Phi) is 5.11. The fourth-order valence-electron chi connectivity index (χ4n) is 5.25. The predicted octanol–water partition coefficient (Wildman–Crippen LogP) is 5.17. The van der Waals surface area contributed by atoms with Crippen LogP contribution < -0.4 is 5.32 Å². The molecule has 0 aromatic rings. The molecule has 6 unspecified atom stereocenters. The highest BCUT2D eigenvalue weighted by atomic mass is 15.0. The molecule has 2 radical (unpaired) electrons. The molecule has 132 valence electrons.